The van der Waals surface area contributed by atoms with Crippen LogP contribution in [0.2, 0.25) is 0 Å². The summed E-state index contributed by atoms with van der Waals surface area (Å²) in [6.45, 7) is 1.91. The highest BCUT2D eigenvalue weighted by atomic mass is 16.1. The summed E-state index contributed by atoms with van der Waals surface area (Å²) in [6.07, 6.45) is 5.27. The second kappa shape index (κ2) is 5.73. The van der Waals surface area contributed by atoms with E-state index in [0.717, 1.165) is 36.0 Å². The third-order valence-corrected chi connectivity index (χ3v) is 5.65. The fourth-order valence-electron chi connectivity index (χ4n) is 3.97. The molecule has 1 fully saturated rings. The van der Waals surface area contributed by atoms with Crippen molar-refractivity contribution in [2.75, 3.05) is 0 Å². The number of aryl methyl sites for hydroxylation is 1. The zero-order valence-corrected chi connectivity index (χ0v) is 14.6. The number of nitrogens with zero attached hydrogens (tertiary/aromatic N) is 1. The van der Waals surface area contributed by atoms with Gasteiger partial charge in [-0.25, -0.2) is 0 Å². The zero-order valence-electron chi connectivity index (χ0n) is 14.6. The quantitative estimate of drug-likeness (QED) is 0.772. The fraction of sp³-hybridized carbons (Fsp3) is 0.333. The monoisotopic (exact) mass is 334 g/mol. The summed E-state index contributed by atoms with van der Waals surface area (Å²) in [4.78, 5) is 28.1. The van der Waals surface area contributed by atoms with E-state index in [0.29, 0.717) is 12.0 Å². The van der Waals surface area contributed by atoms with Crippen LogP contribution in [0.3, 0.4) is 0 Å². The minimum atomic E-state index is -0.646. The molecule has 4 rings (SSSR count). The molecule has 2 aromatic heterocycles. The number of aromatic nitrogens is 2. The van der Waals surface area contributed by atoms with Crippen LogP contribution in [-0.4, -0.2) is 15.3 Å². The van der Waals surface area contributed by atoms with Gasteiger partial charge in [0, 0.05) is 42.0 Å². The van der Waals surface area contributed by atoms with Gasteiger partial charge in [-0.15, -0.1) is 0 Å². The van der Waals surface area contributed by atoms with Gasteiger partial charge < -0.3 is 9.55 Å². The molecule has 25 heavy (non-hydrogen) atoms. The largest absolute Gasteiger partial charge is 0.351 e. The third kappa shape index (κ3) is 2.53. The predicted molar refractivity (Wildman–Crippen MR) is 99.8 cm³/mol. The van der Waals surface area contributed by atoms with Crippen LogP contribution in [0.4, 0.5) is 0 Å². The van der Waals surface area contributed by atoms with E-state index in [2.05, 4.69) is 27.8 Å². The lowest BCUT2D eigenvalue weighted by Gasteiger charge is -2.31. The van der Waals surface area contributed by atoms with Crippen LogP contribution in [-0.2, 0) is 17.3 Å². The molecule has 1 unspecified atom stereocenters. The third-order valence-electron chi connectivity index (χ3n) is 5.65. The van der Waals surface area contributed by atoms with Crippen molar-refractivity contribution < 1.29 is 4.79 Å². The van der Waals surface area contributed by atoms with Crippen molar-refractivity contribution in [1.29, 1.82) is 0 Å². The van der Waals surface area contributed by atoms with Crippen LogP contribution < -0.4 is 5.56 Å². The van der Waals surface area contributed by atoms with E-state index in [1.165, 1.54) is 5.39 Å². The number of aromatic amines is 1. The number of carbonyl (C=O) groups excluding carboxylic acids is 1. The number of ketones is 1. The maximum atomic E-state index is 12.7. The Bertz CT molecular complexity index is 1030. The smallest absolute Gasteiger partial charge is 0.252 e. The first-order chi connectivity index (χ1) is 12.0. The normalized spacial score (nSPS) is 21.0. The van der Waals surface area contributed by atoms with E-state index in [1.54, 1.807) is 0 Å². The highest BCUT2D eigenvalue weighted by Crippen LogP contribution is 2.35. The molecule has 4 heteroatoms. The topological polar surface area (TPSA) is 54.9 Å². The van der Waals surface area contributed by atoms with Gasteiger partial charge >= 0.3 is 0 Å². The lowest BCUT2D eigenvalue weighted by atomic mass is 9.70. The van der Waals surface area contributed by atoms with Gasteiger partial charge in [-0.1, -0.05) is 24.6 Å². The summed E-state index contributed by atoms with van der Waals surface area (Å²) >= 11 is 0. The summed E-state index contributed by atoms with van der Waals surface area (Å²) in [6, 6.07) is 12.0. The molecule has 3 aromatic rings. The molecule has 128 valence electrons. The van der Waals surface area contributed by atoms with Crippen LogP contribution in [0.5, 0.6) is 0 Å². The second-order valence-corrected chi connectivity index (χ2v) is 7.28. The maximum Gasteiger partial charge on any atom is 0.252 e. The van der Waals surface area contributed by atoms with Gasteiger partial charge in [-0.2, -0.15) is 0 Å². The highest BCUT2D eigenvalue weighted by Gasteiger charge is 2.38. The van der Waals surface area contributed by atoms with Crippen LogP contribution in [0.25, 0.3) is 22.2 Å². The van der Waals surface area contributed by atoms with Crippen molar-refractivity contribution >= 4 is 16.7 Å². The number of carbonyl (C=O) groups is 1. The van der Waals surface area contributed by atoms with Gasteiger partial charge in [0.2, 0.25) is 0 Å². The van der Waals surface area contributed by atoms with Gasteiger partial charge in [0.25, 0.3) is 5.56 Å². The molecular formula is C21H22N2O2. The fourth-order valence-corrected chi connectivity index (χ4v) is 3.97. The summed E-state index contributed by atoms with van der Waals surface area (Å²) in [7, 11) is 2.01. The van der Waals surface area contributed by atoms with Crippen LogP contribution in [0.1, 0.15) is 38.2 Å². The minimum absolute atomic E-state index is 0.151. The number of Topliss-reactive ketones (excluding diaryl/α,β-unsaturated/α-hetero) is 1. The van der Waals surface area contributed by atoms with E-state index in [-0.39, 0.29) is 11.3 Å². The number of hydrogen-bond acceptors (Lipinski definition) is 2. The molecule has 1 saturated carbocycles. The molecule has 1 atom stereocenters. The molecule has 0 saturated heterocycles. The van der Waals surface area contributed by atoms with Gasteiger partial charge in [0.15, 0.2) is 0 Å². The molecular weight excluding hydrogens is 312 g/mol. The number of H-pyrrole nitrogens is 1. The molecule has 0 radical (unpaired) electrons. The van der Waals surface area contributed by atoms with E-state index in [4.69, 9.17) is 0 Å². The van der Waals surface area contributed by atoms with Gasteiger partial charge in [-0.3, -0.25) is 9.59 Å². The van der Waals surface area contributed by atoms with Crippen molar-refractivity contribution in [3.63, 3.8) is 0 Å². The number of pyridine rings is 1. The van der Waals surface area contributed by atoms with Crippen LogP contribution in [0.15, 0.2) is 47.4 Å². The van der Waals surface area contributed by atoms with E-state index in [9.17, 15) is 9.59 Å². The summed E-state index contributed by atoms with van der Waals surface area (Å²) in [5, 5.41) is 1.17. The Hall–Kier alpha value is -2.62. The lowest BCUT2D eigenvalue weighted by Crippen LogP contribution is -2.40. The average Bonchev–Trinajstić information content (AvgIpc) is 2.98. The molecule has 0 amide bonds. The number of hydrogen-bond donors (Lipinski definition) is 1. The van der Waals surface area contributed by atoms with Crippen LogP contribution >= 0.6 is 0 Å². The Balaban J connectivity index is 1.77. The average molecular weight is 334 g/mol. The number of rotatable bonds is 2. The van der Waals surface area contributed by atoms with Gasteiger partial charge in [0.1, 0.15) is 5.78 Å². The Morgan fingerprint density at radius 3 is 2.68 bits per heavy atom. The van der Waals surface area contributed by atoms with E-state index >= 15 is 0 Å². The summed E-state index contributed by atoms with van der Waals surface area (Å²) in [5.41, 5.74) is 2.67. The Kier molecular flexibility index (Phi) is 3.64. The van der Waals surface area contributed by atoms with Crippen molar-refractivity contribution in [3.8, 4) is 11.3 Å². The van der Waals surface area contributed by atoms with Crippen molar-refractivity contribution in [2.45, 2.75) is 38.0 Å². The maximum absolute atomic E-state index is 12.7. The summed E-state index contributed by atoms with van der Waals surface area (Å²) in [5.74, 6) is 0.183. The molecule has 1 N–H and O–H groups in total. The van der Waals surface area contributed by atoms with Gasteiger partial charge in [0.05, 0.1) is 5.41 Å². The van der Waals surface area contributed by atoms with E-state index in [1.807, 2.05) is 38.4 Å². The van der Waals surface area contributed by atoms with Crippen LogP contribution in [0, 0.1) is 0 Å². The Morgan fingerprint density at radius 2 is 1.92 bits per heavy atom. The minimum Gasteiger partial charge on any atom is -0.351 e. The lowest BCUT2D eigenvalue weighted by molar-refractivity contribution is -0.125. The molecule has 1 aliphatic carbocycles. The van der Waals surface area contributed by atoms with Crippen molar-refractivity contribution in [1.82, 2.24) is 9.55 Å². The number of fused-ring (bicyclic) bond motifs is 1. The summed E-state index contributed by atoms with van der Waals surface area (Å²) < 4.78 is 2.06. The van der Waals surface area contributed by atoms with E-state index < -0.39 is 5.41 Å². The number of nitrogens with one attached hydrogen (secondary N) is 1. The first kappa shape index (κ1) is 15.9. The molecule has 1 aromatic carbocycles. The SMILES string of the molecule is Cn1ccc2ccc(-c3ccc(C4(C)CCCCC4=O)c(=O)[nH]3)cc21. The molecule has 0 spiro atoms. The highest BCUT2D eigenvalue weighted by molar-refractivity contribution is 5.90. The zero-order chi connectivity index (χ0) is 17.6. The van der Waals surface area contributed by atoms with Gasteiger partial charge in [-0.05, 0) is 43.4 Å². The molecule has 2 heterocycles. The van der Waals surface area contributed by atoms with Crippen molar-refractivity contribution in [2.24, 2.45) is 7.05 Å². The molecule has 1 aliphatic rings. The van der Waals surface area contributed by atoms with Crippen molar-refractivity contribution in [3.05, 3.63) is 58.5 Å². The second-order valence-electron chi connectivity index (χ2n) is 7.28. The standard InChI is InChI=1S/C21H22N2O2/c1-21(11-4-3-5-19(21)24)16-8-9-17(22-20(16)25)15-7-6-14-10-12-23(2)18(14)13-15/h6-10,12-13H,3-5,11H2,1-2H3,(H,22,25). The molecule has 4 nitrogen and oxygen atoms in total. The first-order valence-electron chi connectivity index (χ1n) is 8.82. The Labute approximate surface area is 146 Å². The molecule has 0 aliphatic heterocycles. The predicted octanol–water partition coefficient (Wildman–Crippen LogP) is 3.93. The molecule has 0 bridgehead atoms. The number of benzene rings is 1. The Morgan fingerprint density at radius 1 is 1.08 bits per heavy atom. The first-order valence-corrected chi connectivity index (χ1v) is 8.82.